The molecule has 0 aliphatic rings. The summed E-state index contributed by atoms with van der Waals surface area (Å²) in [4.78, 5) is 9.52. The SMILES string of the molecule is CCCCCCCCc1ccc2nc(-c3ccccc3)c(-c3ccccc3)nc2c1S(=O)(=O)O. The minimum atomic E-state index is -4.49. The molecule has 176 valence electrons. The molecule has 0 saturated carbocycles. The van der Waals surface area contributed by atoms with Gasteiger partial charge in [-0.1, -0.05) is 106 Å². The van der Waals surface area contributed by atoms with E-state index in [4.69, 9.17) is 9.97 Å². The number of hydrogen-bond acceptors (Lipinski definition) is 4. The number of aromatic nitrogens is 2. The Kier molecular flexibility index (Phi) is 7.70. The van der Waals surface area contributed by atoms with E-state index < -0.39 is 10.1 Å². The highest BCUT2D eigenvalue weighted by Gasteiger charge is 2.23. The van der Waals surface area contributed by atoms with Gasteiger partial charge < -0.3 is 0 Å². The van der Waals surface area contributed by atoms with Gasteiger partial charge >= 0.3 is 0 Å². The minimum absolute atomic E-state index is 0.122. The lowest BCUT2D eigenvalue weighted by molar-refractivity contribution is 0.482. The van der Waals surface area contributed by atoms with Crippen LogP contribution in [0.2, 0.25) is 0 Å². The summed E-state index contributed by atoms with van der Waals surface area (Å²) >= 11 is 0. The molecule has 1 aromatic heterocycles. The average molecular weight is 475 g/mol. The zero-order valence-corrected chi connectivity index (χ0v) is 20.3. The highest BCUT2D eigenvalue weighted by Crippen LogP contribution is 2.34. The van der Waals surface area contributed by atoms with Crippen molar-refractivity contribution in [1.29, 1.82) is 0 Å². The van der Waals surface area contributed by atoms with Crippen molar-refractivity contribution < 1.29 is 13.0 Å². The van der Waals surface area contributed by atoms with Crippen LogP contribution in [-0.4, -0.2) is 22.9 Å². The molecule has 0 spiro atoms. The first kappa shape index (κ1) is 24.0. The summed E-state index contributed by atoms with van der Waals surface area (Å²) < 4.78 is 35.3. The summed E-state index contributed by atoms with van der Waals surface area (Å²) in [5, 5.41) is 0. The van der Waals surface area contributed by atoms with Gasteiger partial charge in [0.15, 0.2) is 0 Å². The molecule has 0 atom stereocenters. The fourth-order valence-corrected chi connectivity index (χ4v) is 5.21. The van der Waals surface area contributed by atoms with E-state index >= 15 is 0 Å². The van der Waals surface area contributed by atoms with E-state index in [-0.39, 0.29) is 10.4 Å². The van der Waals surface area contributed by atoms with Gasteiger partial charge in [0.2, 0.25) is 0 Å². The zero-order chi connectivity index (χ0) is 24.0. The van der Waals surface area contributed by atoms with Gasteiger partial charge in [-0.3, -0.25) is 4.55 Å². The second kappa shape index (κ2) is 10.9. The third-order valence-corrected chi connectivity index (χ3v) is 7.00. The van der Waals surface area contributed by atoms with Gasteiger partial charge in [0.05, 0.1) is 16.9 Å². The topological polar surface area (TPSA) is 80.2 Å². The molecular weight excluding hydrogens is 444 g/mol. The van der Waals surface area contributed by atoms with Crippen LogP contribution in [0, 0.1) is 0 Å². The average Bonchev–Trinajstić information content (AvgIpc) is 2.85. The lowest BCUT2D eigenvalue weighted by Gasteiger charge is -2.14. The minimum Gasteiger partial charge on any atom is -0.282 e. The maximum absolute atomic E-state index is 12.5. The molecule has 4 rings (SSSR count). The van der Waals surface area contributed by atoms with Crippen LogP contribution >= 0.6 is 0 Å². The molecule has 0 unspecified atom stereocenters. The maximum atomic E-state index is 12.5. The molecule has 1 N–H and O–H groups in total. The van der Waals surface area contributed by atoms with Gasteiger partial charge in [-0.2, -0.15) is 8.42 Å². The molecule has 0 bridgehead atoms. The van der Waals surface area contributed by atoms with Crippen molar-refractivity contribution in [2.24, 2.45) is 0 Å². The number of hydrogen-bond donors (Lipinski definition) is 1. The van der Waals surface area contributed by atoms with Crippen molar-refractivity contribution in [1.82, 2.24) is 9.97 Å². The number of unbranched alkanes of at least 4 members (excludes halogenated alkanes) is 5. The van der Waals surface area contributed by atoms with Crippen LogP contribution in [0.25, 0.3) is 33.5 Å². The van der Waals surface area contributed by atoms with Gasteiger partial charge in [0.1, 0.15) is 10.4 Å². The number of fused-ring (bicyclic) bond motifs is 1. The second-order valence-corrected chi connectivity index (χ2v) is 9.93. The predicted molar refractivity (Wildman–Crippen MR) is 137 cm³/mol. The van der Waals surface area contributed by atoms with Gasteiger partial charge in [-0.15, -0.1) is 0 Å². The summed E-state index contributed by atoms with van der Waals surface area (Å²) in [7, 11) is -4.49. The van der Waals surface area contributed by atoms with Crippen molar-refractivity contribution in [2.45, 2.75) is 56.8 Å². The van der Waals surface area contributed by atoms with Crippen LogP contribution in [-0.2, 0) is 16.5 Å². The molecule has 1 heterocycles. The Balaban J connectivity index is 1.84. The highest BCUT2D eigenvalue weighted by molar-refractivity contribution is 7.86. The van der Waals surface area contributed by atoms with Crippen molar-refractivity contribution in [3.63, 3.8) is 0 Å². The van der Waals surface area contributed by atoms with E-state index in [1.807, 2.05) is 66.7 Å². The molecule has 0 radical (unpaired) electrons. The summed E-state index contributed by atoms with van der Waals surface area (Å²) in [5.74, 6) is 0. The van der Waals surface area contributed by atoms with E-state index in [0.717, 1.165) is 30.4 Å². The standard InChI is InChI=1S/C28H30N2O3S/c1-2-3-4-5-6-9-18-23-19-20-24-27(28(23)34(31,32)33)30-26(22-16-12-8-13-17-22)25(29-24)21-14-10-7-11-15-21/h7-8,10-17,19-20H,2-6,9,18H2,1H3,(H,31,32,33). The Morgan fingerprint density at radius 2 is 1.26 bits per heavy atom. The van der Waals surface area contributed by atoms with E-state index in [1.54, 1.807) is 6.07 Å². The van der Waals surface area contributed by atoms with Gasteiger partial charge in [0, 0.05) is 11.1 Å². The first-order chi connectivity index (χ1) is 16.5. The zero-order valence-electron chi connectivity index (χ0n) is 19.4. The smallest absolute Gasteiger partial charge is 0.282 e. The molecule has 0 fully saturated rings. The number of rotatable bonds is 10. The van der Waals surface area contributed by atoms with Crippen LogP contribution < -0.4 is 0 Å². The van der Waals surface area contributed by atoms with E-state index in [0.29, 0.717) is 28.9 Å². The highest BCUT2D eigenvalue weighted by atomic mass is 32.2. The fourth-order valence-electron chi connectivity index (χ4n) is 4.31. The first-order valence-corrected chi connectivity index (χ1v) is 13.3. The molecule has 5 nitrogen and oxygen atoms in total. The lowest BCUT2D eigenvalue weighted by atomic mass is 10.0. The first-order valence-electron chi connectivity index (χ1n) is 11.9. The third-order valence-electron chi connectivity index (χ3n) is 6.02. The van der Waals surface area contributed by atoms with E-state index in [9.17, 15) is 13.0 Å². The van der Waals surface area contributed by atoms with Crippen LogP contribution in [0.1, 0.15) is 51.0 Å². The van der Waals surface area contributed by atoms with Gasteiger partial charge in [0.25, 0.3) is 10.1 Å². The third kappa shape index (κ3) is 5.51. The molecule has 0 aliphatic heterocycles. The fraction of sp³-hybridized carbons (Fsp3) is 0.286. The lowest BCUT2D eigenvalue weighted by Crippen LogP contribution is -2.07. The quantitative estimate of drug-likeness (QED) is 0.196. The monoisotopic (exact) mass is 474 g/mol. The predicted octanol–water partition coefficient (Wildman–Crippen LogP) is 7.11. The summed E-state index contributed by atoms with van der Waals surface area (Å²) in [6.07, 6.45) is 7.17. The maximum Gasteiger partial charge on any atom is 0.297 e. The van der Waals surface area contributed by atoms with Crippen LogP contribution in [0.3, 0.4) is 0 Å². The Morgan fingerprint density at radius 1 is 0.706 bits per heavy atom. The molecule has 4 aromatic rings. The Hall–Kier alpha value is -3.09. The Bertz CT molecular complexity index is 1360. The van der Waals surface area contributed by atoms with E-state index in [1.165, 1.54) is 19.3 Å². The van der Waals surface area contributed by atoms with Gasteiger partial charge in [-0.05, 0) is 24.5 Å². The van der Waals surface area contributed by atoms with Crippen LogP contribution in [0.5, 0.6) is 0 Å². The molecule has 0 amide bonds. The summed E-state index contributed by atoms with van der Waals surface area (Å²) in [6, 6.07) is 22.9. The van der Waals surface area contributed by atoms with Crippen molar-refractivity contribution >= 4 is 21.2 Å². The molecular formula is C28H30N2O3S. The van der Waals surface area contributed by atoms with Crippen molar-refractivity contribution in [2.75, 3.05) is 0 Å². The molecule has 0 saturated heterocycles. The molecule has 0 aliphatic carbocycles. The number of nitrogens with zero attached hydrogens (tertiary/aromatic N) is 2. The second-order valence-electron chi connectivity index (χ2n) is 8.57. The van der Waals surface area contributed by atoms with E-state index in [2.05, 4.69) is 6.92 Å². The largest absolute Gasteiger partial charge is 0.297 e. The number of benzene rings is 3. The van der Waals surface area contributed by atoms with Crippen LogP contribution in [0.4, 0.5) is 0 Å². The molecule has 6 heteroatoms. The Morgan fingerprint density at radius 3 is 1.85 bits per heavy atom. The van der Waals surface area contributed by atoms with Crippen molar-refractivity contribution in [3.8, 4) is 22.5 Å². The summed E-state index contributed by atoms with van der Waals surface area (Å²) in [6.45, 7) is 2.18. The molecule has 34 heavy (non-hydrogen) atoms. The van der Waals surface area contributed by atoms with Crippen molar-refractivity contribution in [3.05, 3.63) is 78.4 Å². The molecule has 3 aromatic carbocycles. The number of aryl methyl sites for hydroxylation is 1. The normalized spacial score (nSPS) is 11.7. The van der Waals surface area contributed by atoms with Gasteiger partial charge in [-0.25, -0.2) is 9.97 Å². The summed E-state index contributed by atoms with van der Waals surface area (Å²) in [5.41, 5.74) is 4.22. The van der Waals surface area contributed by atoms with Crippen LogP contribution in [0.15, 0.2) is 77.7 Å². The Labute approximate surface area is 201 Å².